The highest BCUT2D eigenvalue weighted by Crippen LogP contribution is 2.31. The molecule has 1 amide bonds. The van der Waals surface area contributed by atoms with Crippen molar-refractivity contribution in [2.75, 3.05) is 19.8 Å². The fourth-order valence-corrected chi connectivity index (χ4v) is 2.43. The standard InChI is InChI=1S/C14H25NO6/c1-8-9(2)13(15-10(3)17)14(19-6-5-16)21-12(8)7-20-11(4)18/h8-9,12-14,16H,5-7H2,1-4H3,(H,15,17)/t8-,9-,12?,13?,14+/m0/s1. The van der Waals surface area contributed by atoms with Gasteiger partial charge in [0.1, 0.15) is 6.61 Å². The fourth-order valence-electron chi connectivity index (χ4n) is 2.43. The third-order valence-corrected chi connectivity index (χ3v) is 3.78. The van der Waals surface area contributed by atoms with Crippen molar-refractivity contribution in [2.24, 2.45) is 11.8 Å². The van der Waals surface area contributed by atoms with Gasteiger partial charge in [0.25, 0.3) is 0 Å². The molecular weight excluding hydrogens is 278 g/mol. The number of nitrogens with one attached hydrogen (secondary N) is 1. The Morgan fingerprint density at radius 2 is 1.90 bits per heavy atom. The minimum atomic E-state index is -0.673. The van der Waals surface area contributed by atoms with E-state index >= 15 is 0 Å². The molecule has 21 heavy (non-hydrogen) atoms. The quantitative estimate of drug-likeness (QED) is 0.674. The lowest BCUT2D eigenvalue weighted by Gasteiger charge is -2.44. The molecule has 1 heterocycles. The van der Waals surface area contributed by atoms with Crippen molar-refractivity contribution in [3.63, 3.8) is 0 Å². The monoisotopic (exact) mass is 303 g/mol. The van der Waals surface area contributed by atoms with Gasteiger partial charge in [-0.15, -0.1) is 0 Å². The lowest BCUT2D eigenvalue weighted by molar-refractivity contribution is -0.245. The summed E-state index contributed by atoms with van der Waals surface area (Å²) in [7, 11) is 0. The molecule has 0 aliphatic carbocycles. The average Bonchev–Trinajstić information content (AvgIpc) is 2.41. The van der Waals surface area contributed by atoms with Crippen LogP contribution >= 0.6 is 0 Å². The van der Waals surface area contributed by atoms with Crippen LogP contribution in [0.4, 0.5) is 0 Å². The Hall–Kier alpha value is -1.18. The lowest BCUT2D eigenvalue weighted by atomic mass is 9.82. The van der Waals surface area contributed by atoms with Crippen LogP contribution in [0.5, 0.6) is 0 Å². The van der Waals surface area contributed by atoms with Crippen LogP contribution in [0.15, 0.2) is 0 Å². The Kier molecular flexibility index (Phi) is 7.07. The summed E-state index contributed by atoms with van der Waals surface area (Å²) in [5.41, 5.74) is 0. The molecule has 1 fully saturated rings. The van der Waals surface area contributed by atoms with Gasteiger partial charge in [0.05, 0.1) is 25.4 Å². The maximum absolute atomic E-state index is 11.3. The van der Waals surface area contributed by atoms with E-state index in [2.05, 4.69) is 5.32 Å². The number of esters is 1. The molecule has 1 rings (SSSR count). The molecule has 0 spiro atoms. The van der Waals surface area contributed by atoms with E-state index in [1.165, 1.54) is 13.8 Å². The number of carbonyl (C=O) groups excluding carboxylic acids is 2. The van der Waals surface area contributed by atoms with E-state index in [1.54, 1.807) is 0 Å². The topological polar surface area (TPSA) is 94.1 Å². The van der Waals surface area contributed by atoms with Gasteiger partial charge in [0, 0.05) is 13.8 Å². The van der Waals surface area contributed by atoms with Gasteiger partial charge < -0.3 is 24.6 Å². The minimum Gasteiger partial charge on any atom is -0.463 e. The van der Waals surface area contributed by atoms with Crippen LogP contribution < -0.4 is 5.32 Å². The molecule has 2 unspecified atom stereocenters. The molecule has 1 aliphatic rings. The Morgan fingerprint density at radius 3 is 2.43 bits per heavy atom. The molecule has 0 bridgehead atoms. The largest absolute Gasteiger partial charge is 0.463 e. The zero-order valence-electron chi connectivity index (χ0n) is 13.0. The van der Waals surface area contributed by atoms with Gasteiger partial charge in [0.2, 0.25) is 5.91 Å². The first-order valence-electron chi connectivity index (χ1n) is 7.15. The van der Waals surface area contributed by atoms with Gasteiger partial charge in [-0.05, 0) is 11.8 Å². The number of aliphatic hydroxyl groups is 1. The molecule has 0 aromatic rings. The van der Waals surface area contributed by atoms with E-state index < -0.39 is 6.29 Å². The Bertz CT molecular complexity index is 359. The molecule has 0 aromatic carbocycles. The zero-order chi connectivity index (χ0) is 16.0. The number of hydrogen-bond donors (Lipinski definition) is 2. The van der Waals surface area contributed by atoms with E-state index in [-0.39, 0.29) is 55.7 Å². The van der Waals surface area contributed by atoms with Crippen LogP contribution in [0.3, 0.4) is 0 Å². The van der Waals surface area contributed by atoms with Crippen LogP contribution in [0.1, 0.15) is 27.7 Å². The predicted molar refractivity (Wildman–Crippen MR) is 74.3 cm³/mol. The summed E-state index contributed by atoms with van der Waals surface area (Å²) < 4.78 is 16.3. The summed E-state index contributed by atoms with van der Waals surface area (Å²) in [6.45, 7) is 6.88. The van der Waals surface area contributed by atoms with Crippen LogP contribution in [0.25, 0.3) is 0 Å². The molecule has 7 nitrogen and oxygen atoms in total. The van der Waals surface area contributed by atoms with Gasteiger partial charge in [-0.25, -0.2) is 0 Å². The Labute approximate surface area is 124 Å². The number of ether oxygens (including phenoxy) is 3. The predicted octanol–water partition coefficient (Wildman–Crippen LogP) is 0.0602. The third-order valence-electron chi connectivity index (χ3n) is 3.78. The van der Waals surface area contributed by atoms with Gasteiger partial charge in [-0.3, -0.25) is 9.59 Å². The Morgan fingerprint density at radius 1 is 1.24 bits per heavy atom. The molecule has 0 saturated carbocycles. The van der Waals surface area contributed by atoms with Crippen molar-refractivity contribution < 1.29 is 28.9 Å². The minimum absolute atomic E-state index is 0.0758. The third kappa shape index (κ3) is 5.26. The molecule has 122 valence electrons. The van der Waals surface area contributed by atoms with Crippen LogP contribution in [0, 0.1) is 11.8 Å². The highest BCUT2D eigenvalue weighted by atomic mass is 16.7. The maximum atomic E-state index is 11.3. The van der Waals surface area contributed by atoms with Crippen molar-refractivity contribution in [2.45, 2.75) is 46.1 Å². The van der Waals surface area contributed by atoms with E-state index in [0.717, 1.165) is 0 Å². The fraction of sp³-hybridized carbons (Fsp3) is 0.857. The molecular formula is C14H25NO6. The van der Waals surface area contributed by atoms with Gasteiger partial charge >= 0.3 is 5.97 Å². The lowest BCUT2D eigenvalue weighted by Crippen LogP contribution is -2.58. The van der Waals surface area contributed by atoms with Crippen LogP contribution in [-0.2, 0) is 23.8 Å². The first-order chi connectivity index (χ1) is 9.86. The summed E-state index contributed by atoms with van der Waals surface area (Å²) in [5, 5.41) is 11.7. The smallest absolute Gasteiger partial charge is 0.302 e. The maximum Gasteiger partial charge on any atom is 0.302 e. The van der Waals surface area contributed by atoms with Crippen LogP contribution in [0.2, 0.25) is 0 Å². The van der Waals surface area contributed by atoms with Gasteiger partial charge in [-0.1, -0.05) is 13.8 Å². The summed E-state index contributed by atoms with van der Waals surface area (Å²) in [6, 6.07) is -0.308. The SMILES string of the molecule is CC(=O)NC1[C@H](OCCO)OC(COC(C)=O)[C@@H](C)[C@@H]1C. The normalized spacial score (nSPS) is 32.5. The number of carbonyl (C=O) groups is 2. The summed E-state index contributed by atoms with van der Waals surface area (Å²) >= 11 is 0. The molecule has 5 atom stereocenters. The van der Waals surface area contributed by atoms with Crippen molar-refractivity contribution in [1.29, 1.82) is 0 Å². The second kappa shape index (κ2) is 8.31. The van der Waals surface area contributed by atoms with E-state index in [4.69, 9.17) is 19.3 Å². The highest BCUT2D eigenvalue weighted by Gasteiger charge is 2.42. The second-order valence-electron chi connectivity index (χ2n) is 5.38. The highest BCUT2D eigenvalue weighted by molar-refractivity contribution is 5.73. The molecule has 1 saturated heterocycles. The van der Waals surface area contributed by atoms with Crippen molar-refractivity contribution in [3.05, 3.63) is 0 Å². The number of hydrogen-bond acceptors (Lipinski definition) is 6. The van der Waals surface area contributed by atoms with Crippen molar-refractivity contribution >= 4 is 11.9 Å². The Balaban J connectivity index is 2.77. The number of amides is 1. The summed E-state index contributed by atoms with van der Waals surface area (Å²) in [6.07, 6.45) is -0.981. The zero-order valence-corrected chi connectivity index (χ0v) is 13.0. The molecule has 0 aromatic heterocycles. The average molecular weight is 303 g/mol. The first kappa shape index (κ1) is 17.9. The number of rotatable bonds is 6. The van der Waals surface area contributed by atoms with E-state index in [9.17, 15) is 9.59 Å². The van der Waals surface area contributed by atoms with Crippen molar-refractivity contribution in [1.82, 2.24) is 5.32 Å². The first-order valence-corrected chi connectivity index (χ1v) is 7.15. The summed E-state index contributed by atoms with van der Waals surface area (Å²) in [4.78, 5) is 22.3. The molecule has 0 radical (unpaired) electrons. The van der Waals surface area contributed by atoms with Gasteiger partial charge in [0.15, 0.2) is 6.29 Å². The number of aliphatic hydroxyl groups excluding tert-OH is 1. The second-order valence-corrected chi connectivity index (χ2v) is 5.38. The van der Waals surface area contributed by atoms with Crippen LogP contribution in [-0.4, -0.2) is 55.2 Å². The molecule has 1 aliphatic heterocycles. The summed E-state index contributed by atoms with van der Waals surface area (Å²) in [5.74, 6) is -0.379. The van der Waals surface area contributed by atoms with Crippen molar-refractivity contribution in [3.8, 4) is 0 Å². The van der Waals surface area contributed by atoms with E-state index in [0.29, 0.717) is 0 Å². The molecule has 7 heteroatoms. The van der Waals surface area contributed by atoms with Gasteiger partial charge in [-0.2, -0.15) is 0 Å². The van der Waals surface area contributed by atoms with E-state index in [1.807, 2.05) is 13.8 Å². The molecule has 2 N–H and O–H groups in total.